The molecular formula is C36H38N2O13S2. The number of sulfone groups is 2. The van der Waals surface area contributed by atoms with Gasteiger partial charge in [0.15, 0.2) is 24.0 Å². The van der Waals surface area contributed by atoms with Crippen LogP contribution < -0.4 is 30.4 Å². The number of carbonyl (C=O) groups is 4. The summed E-state index contributed by atoms with van der Waals surface area (Å²) < 4.78 is 75.9. The van der Waals surface area contributed by atoms with Gasteiger partial charge in [0.05, 0.1) is 39.8 Å². The SMILES string of the molecule is COC(=O)COc1ccc(S(=O)(=O)c2ccc(OCC(C)=O)cc2)cc1.NCC(=O)COc1ccc(S(=O)(=O)c2ccc(OCC(=O)CN)cc2)cc1. The van der Waals surface area contributed by atoms with Crippen molar-refractivity contribution in [3.05, 3.63) is 97.1 Å². The number of ketones is 3. The van der Waals surface area contributed by atoms with Gasteiger partial charge >= 0.3 is 5.97 Å². The Labute approximate surface area is 306 Å². The molecule has 4 rings (SSSR count). The molecule has 0 saturated heterocycles. The molecular weight excluding hydrogens is 733 g/mol. The second-order valence-corrected chi connectivity index (χ2v) is 14.7. The highest BCUT2D eigenvalue weighted by Crippen LogP contribution is 2.26. The number of hydrogen-bond donors (Lipinski definition) is 2. The summed E-state index contributed by atoms with van der Waals surface area (Å²) in [7, 11) is -6.19. The molecule has 0 unspecified atom stereocenters. The molecule has 4 N–H and O–H groups in total. The standard InChI is InChI=1S/C18H20N2O6S.C18H18O7S/c19-9-13(21)11-25-15-1-5-17(6-2-15)27(23,24)18-7-3-16(4-8-18)26-12-14(22)10-20;1-13(19)11-24-14-3-7-16(8-4-14)26(21,22)17-9-5-15(6-10-17)25-12-18(20)23-2/h1-8H,9-12,19-20H2;3-10H,11-12H2,1-2H3. The first kappa shape index (κ1) is 41.8. The van der Waals surface area contributed by atoms with Crippen molar-refractivity contribution in [1.82, 2.24) is 0 Å². The zero-order chi connectivity index (χ0) is 39.0. The number of rotatable bonds is 18. The fourth-order valence-electron chi connectivity index (χ4n) is 3.96. The van der Waals surface area contributed by atoms with E-state index in [1.165, 1.54) is 111 Å². The number of Topliss-reactive ketones (excluding diaryl/α,β-unsaturated/α-hetero) is 3. The predicted octanol–water partition coefficient (Wildman–Crippen LogP) is 2.37. The van der Waals surface area contributed by atoms with Crippen molar-refractivity contribution in [1.29, 1.82) is 0 Å². The second kappa shape index (κ2) is 19.8. The van der Waals surface area contributed by atoms with E-state index in [1.807, 2.05) is 0 Å². The number of hydrogen-bond acceptors (Lipinski definition) is 15. The van der Waals surface area contributed by atoms with Gasteiger partial charge in [-0.2, -0.15) is 0 Å². The number of esters is 1. The monoisotopic (exact) mass is 770 g/mol. The average Bonchev–Trinajstić information content (AvgIpc) is 3.18. The third kappa shape index (κ3) is 12.8. The van der Waals surface area contributed by atoms with Crippen molar-refractivity contribution in [2.24, 2.45) is 11.5 Å². The van der Waals surface area contributed by atoms with Gasteiger partial charge in [0.2, 0.25) is 19.7 Å². The van der Waals surface area contributed by atoms with Crippen molar-refractivity contribution < 1.29 is 59.7 Å². The van der Waals surface area contributed by atoms with E-state index in [0.717, 1.165) is 0 Å². The Bertz CT molecular complexity index is 2000. The Hall–Kier alpha value is -5.62. The molecule has 0 atom stereocenters. The lowest BCUT2D eigenvalue weighted by molar-refractivity contribution is -0.143. The zero-order valence-electron chi connectivity index (χ0n) is 28.8. The van der Waals surface area contributed by atoms with E-state index >= 15 is 0 Å². The van der Waals surface area contributed by atoms with Crippen molar-refractivity contribution in [3.63, 3.8) is 0 Å². The van der Waals surface area contributed by atoms with Crippen LogP contribution in [0.2, 0.25) is 0 Å². The van der Waals surface area contributed by atoms with Gasteiger partial charge < -0.3 is 35.2 Å². The quantitative estimate of drug-likeness (QED) is 0.138. The summed E-state index contributed by atoms with van der Waals surface area (Å²) in [5.41, 5.74) is 10.4. The van der Waals surface area contributed by atoms with Crippen LogP contribution in [-0.4, -0.2) is 86.8 Å². The van der Waals surface area contributed by atoms with E-state index in [9.17, 15) is 36.0 Å². The molecule has 0 aliphatic heterocycles. The molecule has 282 valence electrons. The number of benzene rings is 4. The molecule has 0 fully saturated rings. The van der Waals surface area contributed by atoms with Crippen LogP contribution in [0.4, 0.5) is 0 Å². The van der Waals surface area contributed by atoms with Crippen LogP contribution in [0, 0.1) is 0 Å². The molecule has 0 aliphatic rings. The topological polar surface area (TPSA) is 235 Å². The van der Waals surface area contributed by atoms with Crippen molar-refractivity contribution in [3.8, 4) is 23.0 Å². The van der Waals surface area contributed by atoms with Crippen LogP contribution in [-0.2, 0) is 43.6 Å². The van der Waals surface area contributed by atoms with Crippen LogP contribution in [0.5, 0.6) is 23.0 Å². The molecule has 0 saturated carbocycles. The Morgan fingerprint density at radius 1 is 0.472 bits per heavy atom. The largest absolute Gasteiger partial charge is 0.486 e. The number of nitrogens with two attached hydrogens (primary N) is 2. The fraction of sp³-hybridized carbons (Fsp3) is 0.222. The van der Waals surface area contributed by atoms with E-state index in [1.54, 1.807) is 0 Å². The highest BCUT2D eigenvalue weighted by atomic mass is 32.2. The number of methoxy groups -OCH3 is 1. The molecule has 0 amide bonds. The normalized spacial score (nSPS) is 10.9. The van der Waals surface area contributed by atoms with Gasteiger partial charge in [0, 0.05) is 0 Å². The van der Waals surface area contributed by atoms with Gasteiger partial charge in [-0.25, -0.2) is 21.6 Å². The molecule has 0 heterocycles. The Balaban J connectivity index is 0.000000286. The molecule has 0 spiro atoms. The maximum atomic E-state index is 12.7. The van der Waals surface area contributed by atoms with Gasteiger partial charge in [-0.05, 0) is 104 Å². The van der Waals surface area contributed by atoms with Gasteiger partial charge in [0.1, 0.15) is 42.8 Å². The Morgan fingerprint density at radius 2 is 0.736 bits per heavy atom. The highest BCUT2D eigenvalue weighted by Gasteiger charge is 2.19. The lowest BCUT2D eigenvalue weighted by Gasteiger charge is -2.09. The minimum Gasteiger partial charge on any atom is -0.486 e. The van der Waals surface area contributed by atoms with Crippen LogP contribution in [0.3, 0.4) is 0 Å². The van der Waals surface area contributed by atoms with E-state index in [4.69, 9.17) is 30.4 Å². The lowest BCUT2D eigenvalue weighted by atomic mass is 10.3. The highest BCUT2D eigenvalue weighted by molar-refractivity contribution is 7.91. The van der Waals surface area contributed by atoms with Crippen molar-refractivity contribution in [2.45, 2.75) is 26.5 Å². The molecule has 0 aromatic heterocycles. The summed E-state index contributed by atoms with van der Waals surface area (Å²) in [6.45, 7) is 0.493. The summed E-state index contributed by atoms with van der Waals surface area (Å²) in [5.74, 6) is 0.301. The van der Waals surface area contributed by atoms with Gasteiger partial charge in [-0.15, -0.1) is 0 Å². The average molecular weight is 771 g/mol. The van der Waals surface area contributed by atoms with Crippen molar-refractivity contribution >= 4 is 43.0 Å². The predicted molar refractivity (Wildman–Crippen MR) is 189 cm³/mol. The van der Waals surface area contributed by atoms with Gasteiger partial charge in [-0.1, -0.05) is 0 Å². The summed E-state index contributed by atoms with van der Waals surface area (Å²) in [4.78, 5) is 44.6. The first-order valence-corrected chi connectivity index (χ1v) is 18.6. The molecule has 4 aromatic carbocycles. The summed E-state index contributed by atoms with van der Waals surface area (Å²) in [6, 6.07) is 22.9. The molecule has 15 nitrogen and oxygen atoms in total. The van der Waals surface area contributed by atoms with Crippen molar-refractivity contribution in [2.75, 3.05) is 46.6 Å². The van der Waals surface area contributed by atoms with Gasteiger partial charge in [0.25, 0.3) is 0 Å². The summed E-state index contributed by atoms with van der Waals surface area (Å²) >= 11 is 0. The van der Waals surface area contributed by atoms with E-state index < -0.39 is 25.6 Å². The Kier molecular flexibility index (Phi) is 15.6. The molecule has 0 bridgehead atoms. The van der Waals surface area contributed by atoms with Crippen LogP contribution in [0.15, 0.2) is 117 Å². The molecule has 4 aromatic rings. The minimum atomic E-state index is -3.73. The molecule has 17 heteroatoms. The lowest BCUT2D eigenvalue weighted by Crippen LogP contribution is -2.20. The zero-order valence-corrected chi connectivity index (χ0v) is 30.4. The fourth-order valence-corrected chi connectivity index (χ4v) is 6.49. The van der Waals surface area contributed by atoms with E-state index in [-0.39, 0.29) is 76.4 Å². The number of carbonyl (C=O) groups excluding carboxylic acids is 4. The first-order chi connectivity index (χ1) is 25.2. The Morgan fingerprint density at radius 3 is 0.981 bits per heavy atom. The smallest absolute Gasteiger partial charge is 0.343 e. The third-order valence-corrected chi connectivity index (χ3v) is 10.4. The van der Waals surface area contributed by atoms with Gasteiger partial charge in [-0.3, -0.25) is 14.4 Å². The first-order valence-electron chi connectivity index (χ1n) is 15.6. The van der Waals surface area contributed by atoms with Crippen LogP contribution in [0.25, 0.3) is 0 Å². The minimum absolute atomic E-state index is 0.0703. The molecule has 0 aliphatic carbocycles. The third-order valence-electron chi connectivity index (χ3n) is 6.82. The maximum Gasteiger partial charge on any atom is 0.343 e. The van der Waals surface area contributed by atoms with Crippen LogP contribution in [0.1, 0.15) is 6.92 Å². The summed E-state index contributed by atoms with van der Waals surface area (Å²) in [5, 5.41) is 0. The van der Waals surface area contributed by atoms with E-state index in [2.05, 4.69) is 4.74 Å². The molecule has 53 heavy (non-hydrogen) atoms. The second-order valence-electron chi connectivity index (χ2n) is 10.8. The maximum absolute atomic E-state index is 12.7. The van der Waals surface area contributed by atoms with Crippen LogP contribution >= 0.6 is 0 Å². The number of ether oxygens (including phenoxy) is 5. The van der Waals surface area contributed by atoms with E-state index in [0.29, 0.717) is 23.0 Å². The summed E-state index contributed by atoms with van der Waals surface area (Å²) in [6.07, 6.45) is 0. The molecule has 0 radical (unpaired) electrons.